The lowest BCUT2D eigenvalue weighted by Gasteiger charge is -2.32. The molecule has 1 atom stereocenters. The summed E-state index contributed by atoms with van der Waals surface area (Å²) in [5.74, 6) is 0.721. The van der Waals surface area contributed by atoms with Crippen molar-refractivity contribution in [2.75, 3.05) is 43.4 Å². The number of nitrogen functional groups attached to an aromatic ring is 1. The van der Waals surface area contributed by atoms with Crippen LogP contribution in [0.4, 0.5) is 11.6 Å². The minimum atomic E-state index is -0.743. The van der Waals surface area contributed by atoms with Gasteiger partial charge in [-0.2, -0.15) is 0 Å². The van der Waals surface area contributed by atoms with E-state index >= 15 is 0 Å². The average molecular weight is 305 g/mol. The molecule has 22 heavy (non-hydrogen) atoms. The highest BCUT2D eigenvalue weighted by Crippen LogP contribution is 2.28. The molecule has 7 nitrogen and oxygen atoms in total. The smallest absolute Gasteiger partial charge is 0.309 e. The van der Waals surface area contributed by atoms with E-state index in [4.69, 9.17) is 5.73 Å². The van der Waals surface area contributed by atoms with Crippen LogP contribution in [0.25, 0.3) is 0 Å². The first-order valence-corrected chi connectivity index (χ1v) is 7.89. The number of carboxylic acids is 1. The second-order valence-electron chi connectivity index (χ2n) is 6.34. The maximum atomic E-state index is 11.6. The Morgan fingerprint density at radius 2 is 2.14 bits per heavy atom. The molecule has 0 aromatic carbocycles. The van der Waals surface area contributed by atoms with Gasteiger partial charge in [0.2, 0.25) is 0 Å². The van der Waals surface area contributed by atoms with Crippen molar-refractivity contribution in [3.63, 3.8) is 0 Å². The lowest BCUT2D eigenvalue weighted by molar-refractivity contribution is -0.141. The summed E-state index contributed by atoms with van der Waals surface area (Å²) in [6, 6.07) is 1.71. The third-order valence-corrected chi connectivity index (χ3v) is 4.69. The fraction of sp³-hybridized carbons (Fsp3) is 0.667. The quantitative estimate of drug-likeness (QED) is 0.844. The first-order chi connectivity index (χ1) is 10.6. The van der Waals surface area contributed by atoms with Crippen LogP contribution in [0.5, 0.6) is 0 Å². The van der Waals surface area contributed by atoms with Crippen LogP contribution >= 0.6 is 0 Å². The van der Waals surface area contributed by atoms with E-state index in [2.05, 4.69) is 14.9 Å². The topological polar surface area (TPSA) is 95.6 Å². The Morgan fingerprint density at radius 1 is 1.32 bits per heavy atom. The van der Waals surface area contributed by atoms with Gasteiger partial charge in [0.05, 0.1) is 5.92 Å². The van der Waals surface area contributed by atoms with Gasteiger partial charge in [0.25, 0.3) is 0 Å². The minimum absolute atomic E-state index is 0.404. The molecule has 1 saturated carbocycles. The minimum Gasteiger partial charge on any atom is -0.481 e. The molecule has 1 aromatic rings. The maximum absolute atomic E-state index is 11.6. The number of nitrogens with two attached hydrogens (primary N) is 1. The molecule has 0 spiro atoms. The molecule has 3 N–H and O–H groups in total. The van der Waals surface area contributed by atoms with Crippen LogP contribution in [-0.4, -0.2) is 58.7 Å². The van der Waals surface area contributed by atoms with E-state index in [1.165, 1.54) is 25.6 Å². The number of rotatable bonds is 4. The number of anilines is 2. The number of aromatic nitrogens is 2. The van der Waals surface area contributed by atoms with Gasteiger partial charge in [-0.3, -0.25) is 4.79 Å². The summed E-state index contributed by atoms with van der Waals surface area (Å²) in [4.78, 5) is 24.0. The van der Waals surface area contributed by atoms with Gasteiger partial charge in [-0.25, -0.2) is 9.97 Å². The first-order valence-electron chi connectivity index (χ1n) is 7.89. The lowest BCUT2D eigenvalue weighted by atomic mass is 9.85. The van der Waals surface area contributed by atoms with Gasteiger partial charge < -0.3 is 20.6 Å². The fourth-order valence-corrected chi connectivity index (χ4v) is 3.19. The van der Waals surface area contributed by atoms with E-state index in [1.807, 2.05) is 4.90 Å². The first kappa shape index (κ1) is 15.0. The number of aliphatic carboxylic acids is 1. The molecule has 0 radical (unpaired) electrons. The summed E-state index contributed by atoms with van der Waals surface area (Å²) < 4.78 is 0. The zero-order valence-electron chi connectivity index (χ0n) is 12.7. The molecule has 120 valence electrons. The Morgan fingerprint density at radius 3 is 2.77 bits per heavy atom. The van der Waals surface area contributed by atoms with Crippen molar-refractivity contribution < 1.29 is 9.90 Å². The second-order valence-corrected chi connectivity index (χ2v) is 6.34. The maximum Gasteiger partial charge on any atom is 0.309 e. The Hall–Kier alpha value is -1.89. The summed E-state index contributed by atoms with van der Waals surface area (Å²) >= 11 is 0. The third kappa shape index (κ3) is 3.47. The molecule has 2 fully saturated rings. The fourth-order valence-electron chi connectivity index (χ4n) is 3.19. The largest absolute Gasteiger partial charge is 0.481 e. The van der Waals surface area contributed by atoms with Gasteiger partial charge in [-0.15, -0.1) is 0 Å². The van der Waals surface area contributed by atoms with E-state index in [-0.39, 0.29) is 0 Å². The second kappa shape index (κ2) is 6.48. The van der Waals surface area contributed by atoms with Crippen molar-refractivity contribution in [1.82, 2.24) is 14.9 Å². The predicted octanol–water partition coefficient (Wildman–Crippen LogP) is 0.682. The molecule has 1 aliphatic heterocycles. The van der Waals surface area contributed by atoms with Crippen LogP contribution in [0.15, 0.2) is 12.4 Å². The molecule has 1 saturated heterocycles. The standard InChI is InChI=1S/C15H23N5O2/c16-13-6-14(18-10-17-13)20-5-4-19(7-11-2-1-3-11)8-12(9-20)15(21)22/h6,10-12H,1-5,7-9H2,(H,21,22)(H2,16,17,18)/t12-/m1/s1. The van der Waals surface area contributed by atoms with Crippen LogP contribution in [0.1, 0.15) is 19.3 Å². The number of hydrogen-bond donors (Lipinski definition) is 2. The number of carboxylic acid groups (broad SMARTS) is 1. The predicted molar refractivity (Wildman–Crippen MR) is 83.6 cm³/mol. The third-order valence-electron chi connectivity index (χ3n) is 4.69. The normalized spacial score (nSPS) is 23.8. The molecule has 2 heterocycles. The Labute approximate surface area is 130 Å². The number of carbonyl (C=O) groups is 1. The molecule has 0 bridgehead atoms. The number of hydrogen-bond acceptors (Lipinski definition) is 6. The van der Waals surface area contributed by atoms with Crippen molar-refractivity contribution in [3.05, 3.63) is 12.4 Å². The summed E-state index contributed by atoms with van der Waals surface area (Å²) in [7, 11) is 0. The highest BCUT2D eigenvalue weighted by atomic mass is 16.4. The van der Waals surface area contributed by atoms with Crippen LogP contribution < -0.4 is 10.6 Å². The van der Waals surface area contributed by atoms with E-state index < -0.39 is 11.9 Å². The Balaban J connectivity index is 1.71. The van der Waals surface area contributed by atoms with E-state index in [9.17, 15) is 9.90 Å². The molecule has 1 aliphatic carbocycles. The molecular formula is C15H23N5O2. The number of nitrogens with zero attached hydrogens (tertiary/aromatic N) is 4. The molecule has 1 aromatic heterocycles. The van der Waals surface area contributed by atoms with Gasteiger partial charge in [0, 0.05) is 38.8 Å². The van der Waals surface area contributed by atoms with Crippen LogP contribution in [-0.2, 0) is 4.79 Å². The van der Waals surface area contributed by atoms with Gasteiger partial charge in [0.1, 0.15) is 18.0 Å². The summed E-state index contributed by atoms with van der Waals surface area (Å²) in [5, 5.41) is 9.49. The molecule has 3 rings (SSSR count). The zero-order valence-corrected chi connectivity index (χ0v) is 12.7. The van der Waals surface area contributed by atoms with E-state index in [0.717, 1.165) is 25.6 Å². The zero-order chi connectivity index (χ0) is 15.5. The van der Waals surface area contributed by atoms with Crippen molar-refractivity contribution in [3.8, 4) is 0 Å². The molecule has 2 aliphatic rings. The van der Waals surface area contributed by atoms with E-state index in [1.54, 1.807) is 6.07 Å². The highest BCUT2D eigenvalue weighted by molar-refractivity contribution is 5.71. The Bertz CT molecular complexity index is 534. The molecule has 0 amide bonds. The molecule has 7 heteroatoms. The van der Waals surface area contributed by atoms with Crippen LogP contribution in [0, 0.1) is 11.8 Å². The summed E-state index contributed by atoms with van der Waals surface area (Å²) in [5.41, 5.74) is 5.71. The van der Waals surface area contributed by atoms with E-state index in [0.29, 0.717) is 24.7 Å². The monoisotopic (exact) mass is 305 g/mol. The van der Waals surface area contributed by atoms with Crippen molar-refractivity contribution in [1.29, 1.82) is 0 Å². The molecule has 0 unspecified atom stereocenters. The summed E-state index contributed by atoms with van der Waals surface area (Å²) in [6.45, 7) is 3.73. The Kier molecular flexibility index (Phi) is 4.42. The summed E-state index contributed by atoms with van der Waals surface area (Å²) in [6.07, 6.45) is 5.30. The van der Waals surface area contributed by atoms with Crippen molar-refractivity contribution >= 4 is 17.6 Å². The van der Waals surface area contributed by atoms with Crippen LogP contribution in [0.2, 0.25) is 0 Å². The van der Waals surface area contributed by atoms with Gasteiger partial charge in [-0.05, 0) is 18.8 Å². The average Bonchev–Trinajstić information content (AvgIpc) is 2.66. The molecular weight excluding hydrogens is 282 g/mol. The van der Waals surface area contributed by atoms with Gasteiger partial charge in [0.15, 0.2) is 0 Å². The van der Waals surface area contributed by atoms with Crippen molar-refractivity contribution in [2.45, 2.75) is 19.3 Å². The van der Waals surface area contributed by atoms with Gasteiger partial charge >= 0.3 is 5.97 Å². The van der Waals surface area contributed by atoms with Crippen molar-refractivity contribution in [2.24, 2.45) is 11.8 Å². The SMILES string of the molecule is Nc1cc(N2CCN(CC3CCC3)C[C@@H](C(=O)O)C2)ncn1. The van der Waals surface area contributed by atoms with Gasteiger partial charge in [-0.1, -0.05) is 6.42 Å². The van der Waals surface area contributed by atoms with Crippen LogP contribution in [0.3, 0.4) is 0 Å². The highest BCUT2D eigenvalue weighted by Gasteiger charge is 2.30. The lowest BCUT2D eigenvalue weighted by Crippen LogP contribution is -2.38.